The maximum atomic E-state index is 9.96. The molecule has 2 heterocycles. The topological polar surface area (TPSA) is 88.1 Å². The van der Waals surface area contributed by atoms with Crippen molar-refractivity contribution in [3.63, 3.8) is 0 Å². The molecule has 0 bridgehead atoms. The second-order valence-corrected chi connectivity index (χ2v) is 4.74. The summed E-state index contributed by atoms with van der Waals surface area (Å²) in [6.45, 7) is 2.83. The predicted molar refractivity (Wildman–Crippen MR) is 81.4 cm³/mol. The molecule has 0 aliphatic carbocycles. The lowest BCUT2D eigenvalue weighted by Gasteiger charge is -2.21. The molecule has 5 N–H and O–H groups in total. The minimum absolute atomic E-state index is 0.210. The molecule has 1 aliphatic rings. The Balaban J connectivity index is 2.02. The highest BCUT2D eigenvalue weighted by Crippen LogP contribution is 2.28. The first-order valence-electron chi connectivity index (χ1n) is 6.73. The summed E-state index contributed by atoms with van der Waals surface area (Å²) in [5.41, 5.74) is 15.1. The van der Waals surface area contributed by atoms with Crippen LogP contribution in [0.15, 0.2) is 48.6 Å². The summed E-state index contributed by atoms with van der Waals surface area (Å²) in [6.07, 6.45) is 5.61. The van der Waals surface area contributed by atoms with Crippen molar-refractivity contribution in [2.75, 3.05) is 0 Å². The fourth-order valence-corrected chi connectivity index (χ4v) is 2.22. The second kappa shape index (κ2) is 5.24. The van der Waals surface area contributed by atoms with E-state index >= 15 is 0 Å². The van der Waals surface area contributed by atoms with Crippen molar-refractivity contribution >= 4 is 11.3 Å². The molecule has 0 saturated carbocycles. The minimum atomic E-state index is 0.210. The number of aryl methyl sites for hydroxylation is 1. The normalized spacial score (nSPS) is 14.4. The lowest BCUT2D eigenvalue weighted by Crippen LogP contribution is -2.36. The van der Waals surface area contributed by atoms with Crippen LogP contribution in [0, 0.1) is 0 Å². The van der Waals surface area contributed by atoms with E-state index < -0.39 is 0 Å². The number of phenolic OH excluding ortho intramolecular Hbond substituents is 1. The van der Waals surface area contributed by atoms with Crippen molar-refractivity contribution in [3.05, 3.63) is 59.7 Å². The number of phenols is 1. The van der Waals surface area contributed by atoms with E-state index in [9.17, 15) is 5.11 Å². The number of aromatic hydroxyl groups is 1. The monoisotopic (exact) mass is 283 g/mol. The Kier molecular flexibility index (Phi) is 3.27. The number of rotatable bonds is 3. The lowest BCUT2D eigenvalue weighted by atomic mass is 10.0. The van der Waals surface area contributed by atoms with E-state index in [0.29, 0.717) is 11.4 Å². The highest BCUT2D eigenvalue weighted by atomic mass is 16.3. The molecule has 6 nitrogen and oxygen atoms in total. The Morgan fingerprint density at radius 2 is 2.10 bits per heavy atom. The Labute approximate surface area is 122 Å². The maximum Gasteiger partial charge on any atom is 0.124 e. The van der Waals surface area contributed by atoms with Crippen LogP contribution < -0.4 is 16.6 Å². The van der Waals surface area contributed by atoms with Gasteiger partial charge in [-0.1, -0.05) is 12.1 Å². The fourth-order valence-electron chi connectivity index (χ4n) is 2.22. The van der Waals surface area contributed by atoms with Crippen molar-refractivity contribution in [3.8, 4) is 5.75 Å². The van der Waals surface area contributed by atoms with Gasteiger partial charge in [-0.05, 0) is 25.1 Å². The summed E-state index contributed by atoms with van der Waals surface area (Å²) < 4.78 is 1.84. The van der Waals surface area contributed by atoms with E-state index in [1.54, 1.807) is 18.3 Å². The number of hydrogen-bond acceptors (Lipinski definition) is 5. The smallest absolute Gasteiger partial charge is 0.124 e. The highest BCUT2D eigenvalue weighted by Gasteiger charge is 2.16. The Bertz CT molecular complexity index is 729. The second-order valence-electron chi connectivity index (χ2n) is 4.74. The number of nitrogens with one attached hydrogen (secondary N) is 2. The zero-order valence-electron chi connectivity index (χ0n) is 11.7. The van der Waals surface area contributed by atoms with Gasteiger partial charge in [0.25, 0.3) is 0 Å². The molecule has 0 spiro atoms. The van der Waals surface area contributed by atoms with E-state index in [2.05, 4.69) is 16.0 Å². The quantitative estimate of drug-likeness (QED) is 0.683. The molecule has 3 rings (SSSR count). The molecule has 0 fully saturated rings. The summed E-state index contributed by atoms with van der Waals surface area (Å²) in [4.78, 5) is 0. The van der Waals surface area contributed by atoms with Crippen LogP contribution in [0.5, 0.6) is 5.75 Å². The Hall–Kier alpha value is -2.89. The standard InChI is InChI=1S/C15H17N5O/c1-2-20-9-10(8-17-20)12-7-13(18-19-15(12)16)11-5-3-4-6-14(11)21/h3-9,18-19,21H,2,16H2,1H3. The van der Waals surface area contributed by atoms with Crippen LogP contribution in [0.1, 0.15) is 18.1 Å². The third kappa shape index (κ3) is 2.43. The van der Waals surface area contributed by atoms with E-state index in [1.165, 1.54) is 0 Å². The Morgan fingerprint density at radius 3 is 2.81 bits per heavy atom. The fraction of sp³-hybridized carbons (Fsp3) is 0.133. The summed E-state index contributed by atoms with van der Waals surface area (Å²) in [7, 11) is 0. The summed E-state index contributed by atoms with van der Waals surface area (Å²) in [5, 5.41) is 14.2. The molecule has 0 atom stereocenters. The molecule has 0 radical (unpaired) electrons. The molecule has 2 aromatic rings. The number of hydrazine groups is 1. The first-order valence-corrected chi connectivity index (χ1v) is 6.73. The van der Waals surface area contributed by atoms with Gasteiger partial charge < -0.3 is 10.8 Å². The molecule has 1 aliphatic heterocycles. The first-order chi connectivity index (χ1) is 10.2. The molecular formula is C15H17N5O. The van der Waals surface area contributed by atoms with Gasteiger partial charge in [-0.2, -0.15) is 5.10 Å². The van der Waals surface area contributed by atoms with Gasteiger partial charge in [0.05, 0.1) is 11.9 Å². The first kappa shape index (κ1) is 13.1. The molecule has 21 heavy (non-hydrogen) atoms. The zero-order valence-corrected chi connectivity index (χ0v) is 11.7. The highest BCUT2D eigenvalue weighted by molar-refractivity contribution is 5.86. The summed E-state index contributed by atoms with van der Waals surface area (Å²) in [5.74, 6) is 0.729. The predicted octanol–water partition coefficient (Wildman–Crippen LogP) is 1.38. The molecule has 1 aromatic carbocycles. The van der Waals surface area contributed by atoms with Crippen LogP contribution in [-0.2, 0) is 6.54 Å². The van der Waals surface area contributed by atoms with Crippen molar-refractivity contribution in [1.82, 2.24) is 20.6 Å². The van der Waals surface area contributed by atoms with Crippen LogP contribution in [0.25, 0.3) is 11.3 Å². The average Bonchev–Trinajstić information content (AvgIpc) is 2.97. The van der Waals surface area contributed by atoms with E-state index in [1.807, 2.05) is 36.0 Å². The summed E-state index contributed by atoms with van der Waals surface area (Å²) in [6, 6.07) is 7.14. The van der Waals surface area contributed by atoms with Crippen molar-refractivity contribution in [1.29, 1.82) is 0 Å². The molecule has 0 saturated heterocycles. The van der Waals surface area contributed by atoms with E-state index in [4.69, 9.17) is 5.73 Å². The van der Waals surface area contributed by atoms with Crippen LogP contribution in [-0.4, -0.2) is 14.9 Å². The van der Waals surface area contributed by atoms with Gasteiger partial charge in [0.15, 0.2) is 0 Å². The van der Waals surface area contributed by atoms with Crippen LogP contribution in [0.4, 0.5) is 0 Å². The SMILES string of the molecule is CCn1cc(C2=C(N)NNC(c3ccccc3O)=C2)cn1. The third-order valence-corrected chi connectivity index (χ3v) is 3.37. The van der Waals surface area contributed by atoms with Gasteiger partial charge in [-0.25, -0.2) is 0 Å². The van der Waals surface area contributed by atoms with E-state index in [0.717, 1.165) is 23.4 Å². The number of hydrogen-bond donors (Lipinski definition) is 4. The maximum absolute atomic E-state index is 9.96. The van der Waals surface area contributed by atoms with Gasteiger partial charge in [0.1, 0.15) is 11.6 Å². The number of benzene rings is 1. The number of nitrogens with two attached hydrogens (primary N) is 1. The van der Waals surface area contributed by atoms with Gasteiger partial charge in [-0.3, -0.25) is 15.5 Å². The van der Waals surface area contributed by atoms with Gasteiger partial charge in [-0.15, -0.1) is 0 Å². The average molecular weight is 283 g/mol. The van der Waals surface area contributed by atoms with Gasteiger partial charge in [0, 0.05) is 29.4 Å². The largest absolute Gasteiger partial charge is 0.507 e. The van der Waals surface area contributed by atoms with Gasteiger partial charge in [0.2, 0.25) is 0 Å². The molecule has 0 unspecified atom stereocenters. The minimum Gasteiger partial charge on any atom is -0.507 e. The zero-order chi connectivity index (χ0) is 14.8. The van der Waals surface area contributed by atoms with Crippen LogP contribution >= 0.6 is 0 Å². The molecular weight excluding hydrogens is 266 g/mol. The van der Waals surface area contributed by atoms with Crippen molar-refractivity contribution in [2.45, 2.75) is 13.5 Å². The number of allylic oxidation sites excluding steroid dienone is 2. The lowest BCUT2D eigenvalue weighted by molar-refractivity contribution is 0.472. The third-order valence-electron chi connectivity index (χ3n) is 3.37. The number of nitrogens with zero attached hydrogens (tertiary/aromatic N) is 2. The molecule has 108 valence electrons. The van der Waals surface area contributed by atoms with Crippen molar-refractivity contribution in [2.24, 2.45) is 5.73 Å². The molecule has 6 heteroatoms. The Morgan fingerprint density at radius 1 is 1.29 bits per heavy atom. The number of aromatic nitrogens is 2. The van der Waals surface area contributed by atoms with Crippen molar-refractivity contribution < 1.29 is 5.11 Å². The van der Waals surface area contributed by atoms with Crippen LogP contribution in [0.3, 0.4) is 0 Å². The molecule has 0 amide bonds. The number of para-hydroxylation sites is 1. The van der Waals surface area contributed by atoms with Crippen LogP contribution in [0.2, 0.25) is 0 Å². The van der Waals surface area contributed by atoms with Gasteiger partial charge >= 0.3 is 0 Å². The van der Waals surface area contributed by atoms with E-state index in [-0.39, 0.29) is 5.75 Å². The molecule has 1 aromatic heterocycles. The summed E-state index contributed by atoms with van der Waals surface area (Å²) >= 11 is 0.